The van der Waals surface area contributed by atoms with Crippen LogP contribution in [0.2, 0.25) is 0 Å². The number of aliphatic hydroxyl groups excluding tert-OH is 4. The topological polar surface area (TPSA) is 152 Å². The van der Waals surface area contributed by atoms with Crippen LogP contribution in [0, 0.1) is 0 Å². The molecule has 1 heterocycles. The molecule has 1 fully saturated rings. The quantitative estimate of drug-likeness (QED) is 0.0267. The summed E-state index contributed by atoms with van der Waals surface area (Å²) in [7, 11) is 0. The third-order valence-electron chi connectivity index (χ3n) is 11.2. The van der Waals surface area contributed by atoms with Crippen LogP contribution in [0.1, 0.15) is 219 Å². The molecule has 1 aliphatic heterocycles. The number of carbonyl (C=O) groups is 2. The number of unbranched alkanes of at least 4 members (excludes halogenated alkanes) is 27. The highest BCUT2D eigenvalue weighted by molar-refractivity contribution is 5.70. The molecule has 4 N–H and O–H groups in total. The highest BCUT2D eigenvalue weighted by Crippen LogP contribution is 2.23. The molecule has 0 aromatic heterocycles. The maximum atomic E-state index is 12.8. The normalized spacial score (nSPS) is 20.3. The Morgan fingerprint density at radius 3 is 1.37 bits per heavy atom. The minimum atomic E-state index is -1.59. The molecular weight excluding hydrogens is 725 g/mol. The number of esters is 2. The fourth-order valence-electron chi connectivity index (χ4n) is 7.36. The lowest BCUT2D eigenvalue weighted by Gasteiger charge is -2.39. The van der Waals surface area contributed by atoms with Crippen molar-refractivity contribution in [2.45, 2.75) is 256 Å². The first-order chi connectivity index (χ1) is 27.8. The van der Waals surface area contributed by atoms with Crippen LogP contribution in [-0.4, -0.2) is 89.0 Å². The first-order valence-corrected chi connectivity index (χ1v) is 23.8. The molecule has 0 aromatic rings. The Morgan fingerprint density at radius 1 is 0.526 bits per heavy atom. The summed E-state index contributed by atoms with van der Waals surface area (Å²) in [5, 5.41) is 40.1. The maximum absolute atomic E-state index is 12.8. The van der Waals surface area contributed by atoms with Crippen molar-refractivity contribution in [1.29, 1.82) is 0 Å². The minimum absolute atomic E-state index is 0.215. The van der Waals surface area contributed by atoms with Crippen molar-refractivity contribution in [3.05, 3.63) is 12.2 Å². The standard InChI is InChI=1S/C47H88O10/c1-3-5-7-9-11-13-15-17-19-20-22-23-25-27-29-31-33-35-42(49)54-38-40(39-55-47-46(53)45(52)44(51)41(37-48)57-47)56-43(50)36-34-32-30-28-26-24-21-18-16-14-12-10-8-6-4-2/h18,21,40-41,44-48,51-53H,3-17,19-20,22-39H2,1-2H3/b21-18+/t40-,41-,44+,45?,46?,47-/m0/s1. The molecule has 336 valence electrons. The molecule has 0 radical (unpaired) electrons. The molecular formula is C47H88O10. The summed E-state index contributed by atoms with van der Waals surface area (Å²) in [5.74, 6) is -0.804. The maximum Gasteiger partial charge on any atom is 0.306 e. The highest BCUT2D eigenvalue weighted by Gasteiger charge is 2.44. The number of carbonyl (C=O) groups excluding carboxylic acids is 2. The summed E-state index contributed by atoms with van der Waals surface area (Å²) in [6.07, 6.45) is 33.6. The second-order valence-corrected chi connectivity index (χ2v) is 16.6. The SMILES string of the molecule is CCCCCCCC/C=C/CCCCCCCC(=O)O[C@@H](COC(=O)CCCCCCCCCCCCCCCCCCC)CO[C@H]1O[C@@H](CO)[C@@H](O)C(O)C1O. The van der Waals surface area contributed by atoms with Crippen LogP contribution in [0.5, 0.6) is 0 Å². The predicted octanol–water partition coefficient (Wildman–Crippen LogP) is 10.3. The fraction of sp³-hybridized carbons (Fsp3) is 0.915. The van der Waals surface area contributed by atoms with Gasteiger partial charge < -0.3 is 39.4 Å². The van der Waals surface area contributed by atoms with Crippen LogP contribution in [0.25, 0.3) is 0 Å². The molecule has 2 unspecified atom stereocenters. The molecule has 0 saturated carbocycles. The van der Waals surface area contributed by atoms with E-state index in [1.165, 1.54) is 135 Å². The number of hydrogen-bond donors (Lipinski definition) is 4. The molecule has 1 aliphatic rings. The monoisotopic (exact) mass is 813 g/mol. The summed E-state index contributed by atoms with van der Waals surface area (Å²) >= 11 is 0. The van der Waals surface area contributed by atoms with Gasteiger partial charge in [-0.1, -0.05) is 180 Å². The van der Waals surface area contributed by atoms with Crippen molar-refractivity contribution in [2.24, 2.45) is 0 Å². The van der Waals surface area contributed by atoms with E-state index in [0.717, 1.165) is 51.4 Å². The molecule has 1 rings (SSSR count). The smallest absolute Gasteiger partial charge is 0.306 e. The minimum Gasteiger partial charge on any atom is -0.462 e. The van der Waals surface area contributed by atoms with Crippen LogP contribution < -0.4 is 0 Å². The largest absolute Gasteiger partial charge is 0.462 e. The van der Waals surface area contributed by atoms with Gasteiger partial charge in [-0.3, -0.25) is 9.59 Å². The number of rotatable bonds is 40. The van der Waals surface area contributed by atoms with E-state index in [9.17, 15) is 30.0 Å². The van der Waals surface area contributed by atoms with E-state index in [1.807, 2.05) is 0 Å². The van der Waals surface area contributed by atoms with Gasteiger partial charge in [-0.25, -0.2) is 0 Å². The van der Waals surface area contributed by atoms with Crippen molar-refractivity contribution in [3.63, 3.8) is 0 Å². The Kier molecular flexibility index (Phi) is 36.2. The molecule has 10 nitrogen and oxygen atoms in total. The second kappa shape index (κ2) is 38.6. The Bertz CT molecular complexity index is 943. The van der Waals surface area contributed by atoms with E-state index in [1.54, 1.807) is 0 Å². The van der Waals surface area contributed by atoms with Gasteiger partial charge in [0.15, 0.2) is 12.4 Å². The zero-order chi connectivity index (χ0) is 41.6. The first kappa shape index (κ1) is 53.5. The summed E-state index contributed by atoms with van der Waals surface area (Å²) in [5.41, 5.74) is 0. The molecule has 0 aliphatic carbocycles. The molecule has 0 spiro atoms. The molecule has 10 heteroatoms. The van der Waals surface area contributed by atoms with Crippen LogP contribution in [0.3, 0.4) is 0 Å². The second-order valence-electron chi connectivity index (χ2n) is 16.6. The summed E-state index contributed by atoms with van der Waals surface area (Å²) in [6.45, 7) is 3.44. The van der Waals surface area contributed by atoms with Gasteiger partial charge in [0.2, 0.25) is 0 Å². The van der Waals surface area contributed by atoms with Gasteiger partial charge in [-0.05, 0) is 38.5 Å². The summed E-state index contributed by atoms with van der Waals surface area (Å²) in [4.78, 5) is 25.4. The van der Waals surface area contributed by atoms with Crippen molar-refractivity contribution in [1.82, 2.24) is 0 Å². The molecule has 1 saturated heterocycles. The van der Waals surface area contributed by atoms with E-state index in [4.69, 9.17) is 18.9 Å². The number of hydrogen-bond acceptors (Lipinski definition) is 10. The summed E-state index contributed by atoms with van der Waals surface area (Å²) in [6, 6.07) is 0. The Morgan fingerprint density at radius 2 is 0.930 bits per heavy atom. The number of ether oxygens (including phenoxy) is 4. The fourth-order valence-corrected chi connectivity index (χ4v) is 7.36. The van der Waals surface area contributed by atoms with Crippen molar-refractivity contribution in [2.75, 3.05) is 19.8 Å². The first-order valence-electron chi connectivity index (χ1n) is 23.8. The molecule has 6 atom stereocenters. The lowest BCUT2D eigenvalue weighted by atomic mass is 9.99. The average Bonchev–Trinajstić information content (AvgIpc) is 3.21. The lowest BCUT2D eigenvalue weighted by molar-refractivity contribution is -0.305. The highest BCUT2D eigenvalue weighted by atomic mass is 16.7. The molecule has 0 aromatic carbocycles. The van der Waals surface area contributed by atoms with Gasteiger partial charge in [-0.2, -0.15) is 0 Å². The summed E-state index contributed by atoms with van der Waals surface area (Å²) < 4.78 is 22.2. The molecule has 0 bridgehead atoms. The van der Waals surface area contributed by atoms with Gasteiger partial charge in [0.1, 0.15) is 31.0 Å². The van der Waals surface area contributed by atoms with Gasteiger partial charge in [0, 0.05) is 12.8 Å². The third kappa shape index (κ3) is 30.2. The van der Waals surface area contributed by atoms with Crippen LogP contribution in [-0.2, 0) is 28.5 Å². The van der Waals surface area contributed by atoms with Crippen molar-refractivity contribution in [3.8, 4) is 0 Å². The van der Waals surface area contributed by atoms with E-state index < -0.39 is 49.4 Å². The number of aliphatic hydroxyl groups is 4. The molecule has 57 heavy (non-hydrogen) atoms. The van der Waals surface area contributed by atoms with Crippen LogP contribution >= 0.6 is 0 Å². The third-order valence-corrected chi connectivity index (χ3v) is 11.2. The van der Waals surface area contributed by atoms with E-state index in [2.05, 4.69) is 26.0 Å². The van der Waals surface area contributed by atoms with Gasteiger partial charge in [0.05, 0.1) is 13.2 Å². The van der Waals surface area contributed by atoms with E-state index in [-0.39, 0.29) is 32.0 Å². The van der Waals surface area contributed by atoms with E-state index in [0.29, 0.717) is 6.42 Å². The average molecular weight is 813 g/mol. The Hall–Kier alpha value is -1.56. The molecule has 0 amide bonds. The Labute approximate surface area is 348 Å². The van der Waals surface area contributed by atoms with Gasteiger partial charge >= 0.3 is 11.9 Å². The number of allylic oxidation sites excluding steroid dienone is 2. The zero-order valence-electron chi connectivity index (χ0n) is 36.6. The van der Waals surface area contributed by atoms with Gasteiger partial charge in [0.25, 0.3) is 0 Å². The van der Waals surface area contributed by atoms with Crippen LogP contribution in [0.15, 0.2) is 12.2 Å². The van der Waals surface area contributed by atoms with Gasteiger partial charge in [-0.15, -0.1) is 0 Å². The zero-order valence-corrected chi connectivity index (χ0v) is 36.6. The Balaban J connectivity index is 2.29. The van der Waals surface area contributed by atoms with Crippen LogP contribution in [0.4, 0.5) is 0 Å². The lowest BCUT2D eigenvalue weighted by Crippen LogP contribution is -2.59. The van der Waals surface area contributed by atoms with Crippen molar-refractivity contribution < 1.29 is 49.0 Å². The van der Waals surface area contributed by atoms with E-state index >= 15 is 0 Å². The van der Waals surface area contributed by atoms with Crippen molar-refractivity contribution >= 4 is 11.9 Å². The predicted molar refractivity (Wildman–Crippen MR) is 229 cm³/mol.